The zero-order chi connectivity index (χ0) is 26.7. The smallest absolute Gasteiger partial charge is 0.407 e. The van der Waals surface area contributed by atoms with Crippen molar-refractivity contribution in [3.8, 4) is 11.3 Å². The number of amides is 2. The molecule has 1 fully saturated rings. The van der Waals surface area contributed by atoms with Gasteiger partial charge in [0, 0.05) is 24.8 Å². The molecular formula is C23H31ClFN5O5S. The zero-order valence-corrected chi connectivity index (χ0v) is 22.2. The first-order chi connectivity index (χ1) is 16.7. The Morgan fingerprint density at radius 1 is 1.28 bits per heavy atom. The second-order valence-electron chi connectivity index (χ2n) is 9.96. The highest BCUT2D eigenvalue weighted by Crippen LogP contribution is 2.28. The molecule has 2 aromatic rings. The van der Waals surface area contributed by atoms with Gasteiger partial charge in [0.15, 0.2) is 5.82 Å². The van der Waals surface area contributed by atoms with E-state index in [1.165, 1.54) is 12.1 Å². The quantitative estimate of drug-likeness (QED) is 0.458. The van der Waals surface area contributed by atoms with E-state index in [1.807, 2.05) is 4.83 Å². The largest absolute Gasteiger partial charge is 0.444 e. The van der Waals surface area contributed by atoms with Crippen molar-refractivity contribution in [2.24, 2.45) is 13.0 Å². The van der Waals surface area contributed by atoms with Crippen molar-refractivity contribution in [3.05, 3.63) is 41.1 Å². The summed E-state index contributed by atoms with van der Waals surface area (Å²) in [6.45, 7) is 5.28. The first-order valence-corrected chi connectivity index (χ1v) is 13.5. The summed E-state index contributed by atoms with van der Waals surface area (Å²) >= 11 is 5.96. The van der Waals surface area contributed by atoms with Gasteiger partial charge in [0.2, 0.25) is 10.0 Å². The number of alkyl carbamates (subject to hydrolysis) is 1. The molecule has 0 radical (unpaired) electrons. The van der Waals surface area contributed by atoms with E-state index in [0.717, 1.165) is 6.42 Å². The number of hydrazine groups is 1. The number of aromatic nitrogens is 2. The van der Waals surface area contributed by atoms with Crippen LogP contribution >= 0.6 is 11.6 Å². The van der Waals surface area contributed by atoms with Crippen molar-refractivity contribution in [3.63, 3.8) is 0 Å². The number of carbonyl (C=O) groups is 2. The molecule has 0 unspecified atom stereocenters. The number of ether oxygens (including phenoxy) is 1. The minimum Gasteiger partial charge on any atom is -0.444 e. The summed E-state index contributed by atoms with van der Waals surface area (Å²) in [5.74, 6) is -2.48. The van der Waals surface area contributed by atoms with Gasteiger partial charge in [0.05, 0.1) is 28.4 Å². The van der Waals surface area contributed by atoms with E-state index in [-0.39, 0.29) is 22.7 Å². The van der Waals surface area contributed by atoms with Crippen molar-refractivity contribution in [2.75, 3.05) is 5.75 Å². The van der Waals surface area contributed by atoms with Crippen molar-refractivity contribution in [2.45, 2.75) is 58.1 Å². The van der Waals surface area contributed by atoms with E-state index >= 15 is 0 Å². The number of halogens is 2. The van der Waals surface area contributed by atoms with Crippen molar-refractivity contribution < 1.29 is 27.1 Å². The summed E-state index contributed by atoms with van der Waals surface area (Å²) in [6, 6.07) is 2.38. The number of carbonyl (C=O) groups excluding carboxylic acids is 2. The zero-order valence-electron chi connectivity index (χ0n) is 20.6. The van der Waals surface area contributed by atoms with Crippen LogP contribution in [0.5, 0.6) is 0 Å². The number of hydrogen-bond donors (Lipinski definition) is 3. The van der Waals surface area contributed by atoms with Gasteiger partial charge in [0.25, 0.3) is 5.91 Å². The molecule has 1 aromatic carbocycles. The van der Waals surface area contributed by atoms with E-state index in [4.69, 9.17) is 16.3 Å². The predicted octanol–water partition coefficient (Wildman–Crippen LogP) is 3.53. The summed E-state index contributed by atoms with van der Waals surface area (Å²) in [5.41, 5.74) is 1.88. The Balaban J connectivity index is 1.59. The van der Waals surface area contributed by atoms with Crippen molar-refractivity contribution >= 4 is 33.6 Å². The fourth-order valence-corrected chi connectivity index (χ4v) is 5.53. The van der Waals surface area contributed by atoms with E-state index in [9.17, 15) is 22.4 Å². The minimum atomic E-state index is -3.94. The molecule has 3 rings (SSSR count). The van der Waals surface area contributed by atoms with E-state index in [0.29, 0.717) is 30.5 Å². The Kier molecular flexibility index (Phi) is 8.63. The van der Waals surface area contributed by atoms with Gasteiger partial charge in [-0.3, -0.25) is 10.2 Å². The number of sulfonamides is 1. The van der Waals surface area contributed by atoms with Gasteiger partial charge in [-0.1, -0.05) is 18.0 Å². The summed E-state index contributed by atoms with van der Waals surface area (Å²) < 4.78 is 46.7. The number of aryl methyl sites for hydroxylation is 1. The van der Waals surface area contributed by atoms with Gasteiger partial charge in [-0.05, 0) is 58.1 Å². The van der Waals surface area contributed by atoms with Crippen LogP contribution in [0, 0.1) is 11.7 Å². The summed E-state index contributed by atoms with van der Waals surface area (Å²) in [7, 11) is -2.19. The molecule has 0 aliphatic heterocycles. The van der Waals surface area contributed by atoms with Crippen molar-refractivity contribution in [1.29, 1.82) is 0 Å². The van der Waals surface area contributed by atoms with Gasteiger partial charge in [-0.25, -0.2) is 22.6 Å². The van der Waals surface area contributed by atoms with Crippen LogP contribution in [0.4, 0.5) is 9.18 Å². The van der Waals surface area contributed by atoms with Crippen LogP contribution in [-0.2, 0) is 21.8 Å². The lowest BCUT2D eigenvalue weighted by atomic mass is 9.87. The molecule has 1 saturated carbocycles. The monoisotopic (exact) mass is 543 g/mol. The number of hydrogen-bond acceptors (Lipinski definition) is 6. The molecule has 1 aliphatic carbocycles. The Labute approximate surface area is 215 Å². The Morgan fingerprint density at radius 2 is 2.00 bits per heavy atom. The standard InChI is InChI=1S/C23H31ClFN5O5S/c1-23(2,3)35-22(32)27-16-7-5-6-14(8-16)12-36(33,34)29-28-21(31)17-9-15(10-18(24)20(17)25)19-11-30(4)13-26-19/h9-11,13-14,16,29H,5-8,12H2,1-4H3,(H,27,32)(H,28,31)/t14-,16-/m1/s1. The molecule has 1 aromatic heterocycles. The number of rotatable bonds is 7. The number of imidazole rings is 1. The highest BCUT2D eigenvalue weighted by Gasteiger charge is 2.29. The highest BCUT2D eigenvalue weighted by molar-refractivity contribution is 7.89. The van der Waals surface area contributed by atoms with Crippen LogP contribution in [0.15, 0.2) is 24.7 Å². The lowest BCUT2D eigenvalue weighted by Crippen LogP contribution is -2.46. The number of nitrogens with zero attached hydrogens (tertiary/aromatic N) is 2. The average Bonchev–Trinajstić information content (AvgIpc) is 3.19. The molecular weight excluding hydrogens is 513 g/mol. The van der Waals surface area contributed by atoms with E-state index in [1.54, 1.807) is 44.9 Å². The second-order valence-corrected chi connectivity index (χ2v) is 12.1. The van der Waals surface area contributed by atoms with Gasteiger partial charge in [0.1, 0.15) is 5.60 Å². The maximum Gasteiger partial charge on any atom is 0.407 e. The molecule has 1 heterocycles. The van der Waals surface area contributed by atoms with E-state index < -0.39 is 39.0 Å². The van der Waals surface area contributed by atoms with Crippen LogP contribution in [0.3, 0.4) is 0 Å². The molecule has 0 bridgehead atoms. The van der Waals surface area contributed by atoms with Gasteiger partial charge < -0.3 is 14.6 Å². The second kappa shape index (κ2) is 11.1. The summed E-state index contributed by atoms with van der Waals surface area (Å²) in [4.78, 5) is 30.8. The number of benzene rings is 1. The molecule has 36 heavy (non-hydrogen) atoms. The molecule has 10 nitrogen and oxygen atoms in total. The molecule has 2 atom stereocenters. The maximum atomic E-state index is 14.6. The van der Waals surface area contributed by atoms with Crippen LogP contribution < -0.4 is 15.6 Å². The summed E-state index contributed by atoms with van der Waals surface area (Å²) in [5, 5.41) is 2.49. The average molecular weight is 544 g/mol. The van der Waals surface area contributed by atoms with E-state index in [2.05, 4.69) is 15.7 Å². The SMILES string of the molecule is Cn1cnc(-c2cc(Cl)c(F)c(C(=O)NNS(=O)(=O)C[C@@H]3CCC[C@@H](NC(=O)OC(C)(C)C)C3)c2)c1. The topological polar surface area (TPSA) is 131 Å². The fourth-order valence-electron chi connectivity index (χ4n) is 4.06. The third-order valence-corrected chi connectivity index (χ3v) is 7.15. The summed E-state index contributed by atoms with van der Waals surface area (Å²) in [6.07, 6.45) is 5.21. The number of nitrogens with one attached hydrogen (secondary N) is 3. The first-order valence-electron chi connectivity index (χ1n) is 11.5. The lowest BCUT2D eigenvalue weighted by Gasteiger charge is -2.30. The van der Waals surface area contributed by atoms with Crippen molar-refractivity contribution in [1.82, 2.24) is 25.1 Å². The van der Waals surface area contributed by atoms with Gasteiger partial charge in [-0.15, -0.1) is 4.83 Å². The normalized spacial score (nSPS) is 18.5. The maximum absolute atomic E-state index is 14.6. The Hall–Kier alpha value is -2.70. The molecule has 0 spiro atoms. The van der Waals surface area contributed by atoms with Crippen LogP contribution in [0.2, 0.25) is 5.02 Å². The predicted molar refractivity (Wildman–Crippen MR) is 133 cm³/mol. The molecule has 3 N–H and O–H groups in total. The molecule has 0 saturated heterocycles. The highest BCUT2D eigenvalue weighted by atomic mass is 35.5. The van der Waals surface area contributed by atoms with Crippen LogP contribution in [-0.4, -0.2) is 47.4 Å². The van der Waals surface area contributed by atoms with Crippen LogP contribution in [0.1, 0.15) is 56.8 Å². The minimum absolute atomic E-state index is 0.214. The van der Waals surface area contributed by atoms with Crippen LogP contribution in [0.25, 0.3) is 11.3 Å². The molecule has 1 aliphatic rings. The lowest BCUT2D eigenvalue weighted by molar-refractivity contribution is 0.0486. The molecule has 2 amide bonds. The third-order valence-electron chi connectivity index (χ3n) is 5.55. The molecule has 198 valence electrons. The fraction of sp³-hybridized carbons (Fsp3) is 0.522. The first kappa shape index (κ1) is 27.9. The third kappa shape index (κ3) is 7.90. The Morgan fingerprint density at radius 3 is 2.64 bits per heavy atom. The van der Waals surface area contributed by atoms with Gasteiger partial charge in [-0.2, -0.15) is 0 Å². The Bertz CT molecular complexity index is 1230. The molecule has 13 heteroatoms. The van der Waals surface area contributed by atoms with Gasteiger partial charge >= 0.3 is 6.09 Å².